The van der Waals surface area contributed by atoms with E-state index in [2.05, 4.69) is 0 Å². The third-order valence-corrected chi connectivity index (χ3v) is 6.05. The minimum atomic E-state index is -0.994. The average molecular weight is 422 g/mol. The van der Waals surface area contributed by atoms with Crippen molar-refractivity contribution in [3.63, 3.8) is 0 Å². The van der Waals surface area contributed by atoms with Gasteiger partial charge in [0.1, 0.15) is 18.2 Å². The molecular formula is C24H19FO4S. The molecule has 0 aromatic heterocycles. The minimum Gasteiger partial charge on any atom is -0.488 e. The van der Waals surface area contributed by atoms with Gasteiger partial charge in [-0.15, -0.1) is 11.8 Å². The van der Waals surface area contributed by atoms with Crippen LogP contribution in [0.25, 0.3) is 0 Å². The van der Waals surface area contributed by atoms with E-state index in [-0.39, 0.29) is 23.8 Å². The maximum absolute atomic E-state index is 13.5. The molecule has 0 bridgehead atoms. The Labute approximate surface area is 177 Å². The third-order valence-electron chi connectivity index (χ3n) is 4.94. The number of aromatic carboxylic acids is 1. The van der Waals surface area contributed by atoms with Gasteiger partial charge in [0.25, 0.3) is 0 Å². The molecule has 1 aliphatic rings. The van der Waals surface area contributed by atoms with E-state index >= 15 is 0 Å². The fraction of sp³-hybridized carbons (Fsp3) is 0.167. The first-order chi connectivity index (χ1) is 14.5. The van der Waals surface area contributed by atoms with Crippen LogP contribution in [0.5, 0.6) is 5.75 Å². The third kappa shape index (κ3) is 4.54. The minimum absolute atomic E-state index is 0.101. The largest absolute Gasteiger partial charge is 0.488 e. The van der Waals surface area contributed by atoms with Gasteiger partial charge in [0.15, 0.2) is 5.78 Å². The fourth-order valence-electron chi connectivity index (χ4n) is 3.42. The predicted molar refractivity (Wildman–Crippen MR) is 113 cm³/mol. The molecule has 1 N–H and O–H groups in total. The van der Waals surface area contributed by atoms with Crippen molar-refractivity contribution in [2.75, 3.05) is 0 Å². The molecule has 6 heteroatoms. The Morgan fingerprint density at radius 1 is 1.03 bits per heavy atom. The normalized spacial score (nSPS) is 12.6. The maximum Gasteiger partial charge on any atom is 0.335 e. The molecule has 3 aromatic rings. The number of halogens is 1. The summed E-state index contributed by atoms with van der Waals surface area (Å²) in [6.45, 7) is 0.182. The predicted octanol–water partition coefficient (Wildman–Crippen LogP) is 5.52. The SMILES string of the molecule is O=C(O)c1cccc(COc2cc3c(cc2SCc2cccc(F)c2)CCC3=O)c1. The van der Waals surface area contributed by atoms with Gasteiger partial charge in [0.2, 0.25) is 0 Å². The summed E-state index contributed by atoms with van der Waals surface area (Å²) in [4.78, 5) is 24.2. The van der Waals surface area contributed by atoms with Crippen molar-refractivity contribution in [1.82, 2.24) is 0 Å². The van der Waals surface area contributed by atoms with Gasteiger partial charge >= 0.3 is 5.97 Å². The number of ketones is 1. The molecule has 0 unspecified atom stereocenters. The van der Waals surface area contributed by atoms with Crippen molar-refractivity contribution < 1.29 is 23.8 Å². The van der Waals surface area contributed by atoms with Crippen molar-refractivity contribution in [2.24, 2.45) is 0 Å². The number of carbonyl (C=O) groups is 2. The Bertz CT molecular complexity index is 1130. The molecule has 30 heavy (non-hydrogen) atoms. The fourth-order valence-corrected chi connectivity index (χ4v) is 4.41. The Morgan fingerprint density at radius 3 is 2.63 bits per heavy atom. The molecule has 1 aliphatic carbocycles. The Balaban J connectivity index is 1.57. The van der Waals surface area contributed by atoms with E-state index in [1.54, 1.807) is 30.3 Å². The molecule has 0 atom stereocenters. The van der Waals surface area contributed by atoms with Gasteiger partial charge in [-0.1, -0.05) is 24.3 Å². The molecule has 0 heterocycles. The lowest BCUT2D eigenvalue weighted by Gasteiger charge is -2.14. The Hall–Kier alpha value is -3.12. The number of thioether (sulfide) groups is 1. The van der Waals surface area contributed by atoms with Crippen molar-refractivity contribution in [3.8, 4) is 5.75 Å². The van der Waals surface area contributed by atoms with E-state index in [9.17, 15) is 14.0 Å². The lowest BCUT2D eigenvalue weighted by atomic mass is 10.1. The van der Waals surface area contributed by atoms with Crippen LogP contribution in [-0.2, 0) is 18.8 Å². The second kappa shape index (κ2) is 8.71. The van der Waals surface area contributed by atoms with Gasteiger partial charge in [0.05, 0.1) is 10.5 Å². The topological polar surface area (TPSA) is 63.6 Å². The van der Waals surface area contributed by atoms with E-state index in [0.717, 1.165) is 21.6 Å². The van der Waals surface area contributed by atoms with Crippen LogP contribution < -0.4 is 4.74 Å². The monoisotopic (exact) mass is 422 g/mol. The molecule has 3 aromatic carbocycles. The Morgan fingerprint density at radius 2 is 1.83 bits per heavy atom. The van der Waals surface area contributed by atoms with Crippen LogP contribution in [0.15, 0.2) is 65.6 Å². The summed E-state index contributed by atoms with van der Waals surface area (Å²) < 4.78 is 19.5. The average Bonchev–Trinajstić information content (AvgIpc) is 3.10. The van der Waals surface area contributed by atoms with Crippen LogP contribution in [0.2, 0.25) is 0 Å². The second-order valence-electron chi connectivity index (χ2n) is 7.09. The molecule has 0 fully saturated rings. The molecule has 0 spiro atoms. The Kier molecular flexibility index (Phi) is 5.86. The number of carbonyl (C=O) groups excluding carboxylic acids is 1. The van der Waals surface area contributed by atoms with Gasteiger partial charge in [-0.25, -0.2) is 9.18 Å². The number of benzene rings is 3. The molecule has 0 saturated heterocycles. The van der Waals surface area contributed by atoms with Gasteiger partial charge in [-0.3, -0.25) is 4.79 Å². The number of fused-ring (bicyclic) bond motifs is 1. The van der Waals surface area contributed by atoms with E-state index in [0.29, 0.717) is 29.9 Å². The molecule has 152 valence electrons. The summed E-state index contributed by atoms with van der Waals surface area (Å²) in [7, 11) is 0. The van der Waals surface area contributed by atoms with Crippen LogP contribution in [0.3, 0.4) is 0 Å². The highest BCUT2D eigenvalue weighted by molar-refractivity contribution is 7.98. The van der Waals surface area contributed by atoms with Gasteiger partial charge in [0, 0.05) is 17.7 Å². The number of ether oxygens (including phenoxy) is 1. The molecule has 4 rings (SSSR count). The highest BCUT2D eigenvalue weighted by atomic mass is 32.2. The van der Waals surface area contributed by atoms with Crippen LogP contribution in [-0.4, -0.2) is 16.9 Å². The number of carboxylic acids is 1. The number of Topliss-reactive ketones (excluding diaryl/α,β-unsaturated/α-hetero) is 1. The zero-order valence-electron chi connectivity index (χ0n) is 16.1. The molecule has 0 amide bonds. The van der Waals surface area contributed by atoms with Crippen molar-refractivity contribution in [2.45, 2.75) is 30.1 Å². The van der Waals surface area contributed by atoms with Crippen molar-refractivity contribution in [1.29, 1.82) is 0 Å². The number of rotatable bonds is 7. The van der Waals surface area contributed by atoms with Gasteiger partial charge < -0.3 is 9.84 Å². The summed E-state index contributed by atoms with van der Waals surface area (Å²) in [5, 5.41) is 9.16. The zero-order valence-corrected chi connectivity index (χ0v) is 16.9. The second-order valence-corrected chi connectivity index (χ2v) is 8.11. The first-order valence-electron chi connectivity index (χ1n) is 9.52. The quantitative estimate of drug-likeness (QED) is 0.508. The lowest BCUT2D eigenvalue weighted by molar-refractivity contribution is 0.0696. The lowest BCUT2D eigenvalue weighted by Crippen LogP contribution is -2.02. The highest BCUT2D eigenvalue weighted by Crippen LogP contribution is 2.37. The van der Waals surface area contributed by atoms with Gasteiger partial charge in [-0.2, -0.15) is 0 Å². The smallest absolute Gasteiger partial charge is 0.335 e. The van der Waals surface area contributed by atoms with E-state index in [1.807, 2.05) is 12.1 Å². The van der Waals surface area contributed by atoms with Crippen LogP contribution in [0, 0.1) is 5.82 Å². The zero-order chi connectivity index (χ0) is 21.1. The number of hydrogen-bond donors (Lipinski definition) is 1. The summed E-state index contributed by atoms with van der Waals surface area (Å²) in [6, 6.07) is 16.8. The van der Waals surface area contributed by atoms with Crippen molar-refractivity contribution in [3.05, 3.63) is 94.3 Å². The standard InChI is InChI=1S/C24H19FO4S/c25-19-6-2-4-16(10-19)14-30-23-11-17-7-8-21(26)20(17)12-22(23)29-13-15-3-1-5-18(9-15)24(27)28/h1-6,9-12H,7-8,13-14H2,(H,27,28). The molecular weight excluding hydrogens is 403 g/mol. The summed E-state index contributed by atoms with van der Waals surface area (Å²) in [6.07, 6.45) is 1.20. The molecule has 0 aliphatic heterocycles. The van der Waals surface area contributed by atoms with E-state index in [1.165, 1.54) is 30.0 Å². The number of carboxylic acid groups (broad SMARTS) is 1. The van der Waals surface area contributed by atoms with Crippen LogP contribution in [0.4, 0.5) is 4.39 Å². The summed E-state index contributed by atoms with van der Waals surface area (Å²) >= 11 is 1.52. The molecule has 0 saturated carbocycles. The molecule has 4 nitrogen and oxygen atoms in total. The van der Waals surface area contributed by atoms with E-state index < -0.39 is 5.97 Å². The van der Waals surface area contributed by atoms with Crippen LogP contribution in [0.1, 0.15) is 43.8 Å². The van der Waals surface area contributed by atoms with E-state index in [4.69, 9.17) is 9.84 Å². The summed E-state index contributed by atoms with van der Waals surface area (Å²) in [5.41, 5.74) is 3.46. The highest BCUT2D eigenvalue weighted by Gasteiger charge is 2.22. The van der Waals surface area contributed by atoms with Gasteiger partial charge in [-0.05, 0) is 59.5 Å². The summed E-state index contributed by atoms with van der Waals surface area (Å²) in [5.74, 6) is -0.0284. The number of hydrogen-bond acceptors (Lipinski definition) is 4. The maximum atomic E-state index is 13.5. The first kappa shape index (κ1) is 20.2. The first-order valence-corrected chi connectivity index (χ1v) is 10.5. The number of aryl methyl sites for hydroxylation is 1. The van der Waals surface area contributed by atoms with Crippen LogP contribution >= 0.6 is 11.8 Å². The molecule has 0 radical (unpaired) electrons. The van der Waals surface area contributed by atoms with Crippen molar-refractivity contribution >= 4 is 23.5 Å².